The van der Waals surface area contributed by atoms with Gasteiger partial charge in [0.05, 0.1) is 10.7 Å². The Morgan fingerprint density at radius 2 is 2.00 bits per heavy atom. The van der Waals surface area contributed by atoms with Crippen LogP contribution in [0.1, 0.15) is 6.92 Å². The van der Waals surface area contributed by atoms with E-state index in [1.165, 1.54) is 25.1 Å². The maximum atomic E-state index is 13.2. The van der Waals surface area contributed by atoms with Crippen molar-refractivity contribution < 1.29 is 14.0 Å². The monoisotopic (exact) mass is 239 g/mol. The van der Waals surface area contributed by atoms with Crippen LogP contribution in [0.3, 0.4) is 0 Å². The van der Waals surface area contributed by atoms with Crippen molar-refractivity contribution in [3.8, 4) is 0 Å². The van der Waals surface area contributed by atoms with E-state index in [9.17, 15) is 14.0 Å². The van der Waals surface area contributed by atoms with Crippen LogP contribution in [0.15, 0.2) is 29.8 Å². The molecule has 1 heterocycles. The molecule has 1 aliphatic heterocycles. The number of halogens is 2. The fourth-order valence-corrected chi connectivity index (χ4v) is 1.57. The van der Waals surface area contributed by atoms with Crippen LogP contribution in [0.25, 0.3) is 0 Å². The number of benzene rings is 1. The number of carbonyl (C=O) groups is 2. The van der Waals surface area contributed by atoms with Gasteiger partial charge in [0, 0.05) is 11.6 Å². The van der Waals surface area contributed by atoms with E-state index in [1.54, 1.807) is 0 Å². The Bertz CT molecular complexity index is 525. The number of imide groups is 1. The molecule has 0 atom stereocenters. The minimum absolute atomic E-state index is 0.0486. The van der Waals surface area contributed by atoms with Crippen LogP contribution < -0.4 is 4.90 Å². The SMILES string of the molecule is CC1=CC(=O)N(c2ccc(Cl)c(F)c2)C1=O. The highest BCUT2D eigenvalue weighted by atomic mass is 35.5. The first-order valence-corrected chi connectivity index (χ1v) is 4.90. The lowest BCUT2D eigenvalue weighted by Gasteiger charge is -2.14. The van der Waals surface area contributed by atoms with Crippen molar-refractivity contribution in [1.82, 2.24) is 0 Å². The van der Waals surface area contributed by atoms with E-state index in [2.05, 4.69) is 0 Å². The van der Waals surface area contributed by atoms with E-state index in [0.717, 1.165) is 11.0 Å². The molecule has 82 valence electrons. The average molecular weight is 240 g/mol. The highest BCUT2D eigenvalue weighted by Gasteiger charge is 2.30. The Hall–Kier alpha value is -1.68. The van der Waals surface area contributed by atoms with E-state index in [1.807, 2.05) is 0 Å². The predicted molar refractivity (Wildman–Crippen MR) is 57.7 cm³/mol. The third-order valence-corrected chi connectivity index (χ3v) is 2.57. The van der Waals surface area contributed by atoms with Gasteiger partial charge in [0.15, 0.2) is 0 Å². The maximum Gasteiger partial charge on any atom is 0.261 e. The first-order valence-electron chi connectivity index (χ1n) is 4.52. The normalized spacial score (nSPS) is 15.7. The summed E-state index contributed by atoms with van der Waals surface area (Å²) in [7, 11) is 0. The molecule has 1 aromatic carbocycles. The molecule has 0 aromatic heterocycles. The zero-order chi connectivity index (χ0) is 11.9. The first kappa shape index (κ1) is 10.8. The molecule has 0 spiro atoms. The zero-order valence-corrected chi connectivity index (χ0v) is 9.08. The summed E-state index contributed by atoms with van der Waals surface area (Å²) in [5, 5.41) is -0.0486. The minimum Gasteiger partial charge on any atom is -0.269 e. The molecule has 5 heteroatoms. The molecule has 0 bridgehead atoms. The third-order valence-electron chi connectivity index (χ3n) is 2.26. The van der Waals surface area contributed by atoms with Crippen molar-refractivity contribution in [2.75, 3.05) is 4.90 Å². The summed E-state index contributed by atoms with van der Waals surface area (Å²) in [5.41, 5.74) is 0.519. The van der Waals surface area contributed by atoms with Gasteiger partial charge in [0.25, 0.3) is 11.8 Å². The van der Waals surface area contributed by atoms with E-state index in [-0.39, 0.29) is 10.7 Å². The van der Waals surface area contributed by atoms with Gasteiger partial charge in [-0.3, -0.25) is 9.59 Å². The summed E-state index contributed by atoms with van der Waals surface area (Å²) in [5.74, 6) is -1.57. The largest absolute Gasteiger partial charge is 0.269 e. The molecule has 3 nitrogen and oxygen atoms in total. The summed E-state index contributed by atoms with van der Waals surface area (Å²) in [6.07, 6.45) is 1.22. The van der Waals surface area contributed by atoms with Gasteiger partial charge in [-0.1, -0.05) is 11.6 Å². The van der Waals surface area contributed by atoms with Gasteiger partial charge in [-0.2, -0.15) is 0 Å². The van der Waals surface area contributed by atoms with Crippen LogP contribution >= 0.6 is 11.6 Å². The molecular weight excluding hydrogens is 233 g/mol. The topological polar surface area (TPSA) is 37.4 Å². The second-order valence-electron chi connectivity index (χ2n) is 3.40. The van der Waals surface area contributed by atoms with Crippen LogP contribution in [-0.2, 0) is 9.59 Å². The highest BCUT2D eigenvalue weighted by Crippen LogP contribution is 2.25. The molecular formula is C11H7ClFNO2. The first-order chi connectivity index (χ1) is 7.50. The van der Waals surface area contributed by atoms with Gasteiger partial charge in [0.2, 0.25) is 0 Å². The van der Waals surface area contributed by atoms with Crippen molar-refractivity contribution >= 4 is 29.1 Å². The summed E-state index contributed by atoms with van der Waals surface area (Å²) in [6.45, 7) is 1.53. The summed E-state index contributed by atoms with van der Waals surface area (Å²) < 4.78 is 13.2. The number of carbonyl (C=O) groups excluding carboxylic acids is 2. The molecule has 0 radical (unpaired) electrons. The van der Waals surface area contributed by atoms with E-state index < -0.39 is 17.6 Å². The molecule has 0 unspecified atom stereocenters. The van der Waals surface area contributed by atoms with Gasteiger partial charge < -0.3 is 0 Å². The second-order valence-corrected chi connectivity index (χ2v) is 3.81. The molecule has 0 saturated carbocycles. The van der Waals surface area contributed by atoms with Crippen LogP contribution in [0.4, 0.5) is 10.1 Å². The maximum absolute atomic E-state index is 13.2. The summed E-state index contributed by atoms with van der Waals surface area (Å²) >= 11 is 5.51. The fraction of sp³-hybridized carbons (Fsp3) is 0.0909. The Balaban J connectivity index is 2.43. The van der Waals surface area contributed by atoms with Crippen molar-refractivity contribution in [1.29, 1.82) is 0 Å². The van der Waals surface area contributed by atoms with Crippen LogP contribution in [0.2, 0.25) is 5.02 Å². The third kappa shape index (κ3) is 1.61. The number of anilines is 1. The van der Waals surface area contributed by atoms with Gasteiger partial charge in [-0.05, 0) is 25.1 Å². The van der Waals surface area contributed by atoms with E-state index >= 15 is 0 Å². The lowest BCUT2D eigenvalue weighted by Crippen LogP contribution is -2.30. The van der Waals surface area contributed by atoms with E-state index in [0.29, 0.717) is 5.57 Å². The minimum atomic E-state index is -0.663. The Kier molecular flexibility index (Phi) is 2.52. The predicted octanol–water partition coefficient (Wildman–Crippen LogP) is 2.30. The van der Waals surface area contributed by atoms with E-state index in [4.69, 9.17) is 11.6 Å². The number of amides is 2. The highest BCUT2D eigenvalue weighted by molar-refractivity contribution is 6.32. The second kappa shape index (κ2) is 3.72. The van der Waals surface area contributed by atoms with Crippen LogP contribution in [-0.4, -0.2) is 11.8 Å². The van der Waals surface area contributed by atoms with Crippen molar-refractivity contribution in [3.63, 3.8) is 0 Å². The Morgan fingerprint density at radius 3 is 2.50 bits per heavy atom. The molecule has 2 rings (SSSR count). The average Bonchev–Trinajstić information content (AvgIpc) is 2.47. The van der Waals surface area contributed by atoms with Gasteiger partial charge in [-0.15, -0.1) is 0 Å². The molecule has 0 fully saturated rings. The standard InChI is InChI=1S/C11H7ClFNO2/c1-6-4-10(15)14(11(6)16)7-2-3-8(12)9(13)5-7/h2-5H,1H3. The molecule has 1 aromatic rings. The van der Waals surface area contributed by atoms with Crippen molar-refractivity contribution in [2.24, 2.45) is 0 Å². The molecule has 0 N–H and O–H groups in total. The lowest BCUT2D eigenvalue weighted by atomic mass is 10.2. The lowest BCUT2D eigenvalue weighted by molar-refractivity contribution is -0.120. The van der Waals surface area contributed by atoms with Gasteiger partial charge in [0.1, 0.15) is 5.82 Å². The summed E-state index contributed by atoms with van der Waals surface area (Å²) in [6, 6.07) is 3.79. The zero-order valence-electron chi connectivity index (χ0n) is 8.33. The number of hydrogen-bond acceptors (Lipinski definition) is 2. The smallest absolute Gasteiger partial charge is 0.261 e. The number of rotatable bonds is 1. The number of hydrogen-bond donors (Lipinski definition) is 0. The Morgan fingerprint density at radius 1 is 1.31 bits per heavy atom. The van der Waals surface area contributed by atoms with Gasteiger partial charge in [-0.25, -0.2) is 9.29 Å². The molecule has 2 amide bonds. The van der Waals surface area contributed by atoms with Crippen molar-refractivity contribution in [3.05, 3.63) is 40.7 Å². The Labute approximate surface area is 96.1 Å². The van der Waals surface area contributed by atoms with Crippen LogP contribution in [0, 0.1) is 5.82 Å². The van der Waals surface area contributed by atoms with Gasteiger partial charge >= 0.3 is 0 Å². The molecule has 0 aliphatic carbocycles. The molecule has 0 saturated heterocycles. The van der Waals surface area contributed by atoms with Crippen LogP contribution in [0.5, 0.6) is 0 Å². The molecule has 1 aliphatic rings. The fourth-order valence-electron chi connectivity index (χ4n) is 1.46. The quantitative estimate of drug-likeness (QED) is 0.705. The van der Waals surface area contributed by atoms with Crippen molar-refractivity contribution in [2.45, 2.75) is 6.92 Å². The summed E-state index contributed by atoms with van der Waals surface area (Å²) in [4.78, 5) is 24.0. The number of nitrogens with zero attached hydrogens (tertiary/aromatic N) is 1. The molecule has 16 heavy (non-hydrogen) atoms.